The van der Waals surface area contributed by atoms with Crippen LogP contribution in [0.2, 0.25) is 0 Å². The minimum atomic E-state index is -0.0839. The van der Waals surface area contributed by atoms with Gasteiger partial charge in [-0.15, -0.1) is 0 Å². The van der Waals surface area contributed by atoms with Gasteiger partial charge in [-0.25, -0.2) is 0 Å². The van der Waals surface area contributed by atoms with E-state index in [0.29, 0.717) is 13.0 Å². The SMILES string of the molecule is CCOC(=O)CC[C]1CCc2ccccc21. The van der Waals surface area contributed by atoms with Crippen molar-refractivity contribution in [1.29, 1.82) is 0 Å². The predicted molar refractivity (Wildman–Crippen MR) is 63.0 cm³/mol. The molecule has 1 aromatic rings. The standard InChI is InChI=1S/C14H17O2/c1-2-16-14(15)10-9-12-8-7-11-5-3-4-6-13(11)12/h3-6H,2,7-10H2,1H3. The molecule has 1 radical (unpaired) electrons. The van der Waals surface area contributed by atoms with Crippen LogP contribution in [0.25, 0.3) is 0 Å². The molecule has 85 valence electrons. The van der Waals surface area contributed by atoms with Gasteiger partial charge in [-0.05, 0) is 37.3 Å². The Bertz CT molecular complexity index is 371. The lowest BCUT2D eigenvalue weighted by Gasteiger charge is -2.09. The van der Waals surface area contributed by atoms with Crippen LogP contribution in [-0.2, 0) is 16.0 Å². The average Bonchev–Trinajstić information content (AvgIpc) is 2.70. The number of hydrogen-bond donors (Lipinski definition) is 0. The first-order chi connectivity index (χ1) is 7.81. The van der Waals surface area contributed by atoms with E-state index in [-0.39, 0.29) is 5.97 Å². The van der Waals surface area contributed by atoms with Crippen molar-refractivity contribution < 1.29 is 9.53 Å². The number of carbonyl (C=O) groups excluding carboxylic acids is 1. The molecule has 0 bridgehead atoms. The van der Waals surface area contributed by atoms with Crippen LogP contribution in [0.3, 0.4) is 0 Å². The zero-order valence-electron chi connectivity index (χ0n) is 9.66. The van der Waals surface area contributed by atoms with Crippen molar-refractivity contribution >= 4 is 5.97 Å². The maximum absolute atomic E-state index is 11.3. The Morgan fingerprint density at radius 1 is 1.31 bits per heavy atom. The van der Waals surface area contributed by atoms with Crippen LogP contribution in [-0.4, -0.2) is 12.6 Å². The van der Waals surface area contributed by atoms with Crippen LogP contribution in [0, 0.1) is 5.92 Å². The van der Waals surface area contributed by atoms with Gasteiger partial charge >= 0.3 is 5.97 Å². The summed E-state index contributed by atoms with van der Waals surface area (Å²) in [5.41, 5.74) is 2.77. The topological polar surface area (TPSA) is 26.3 Å². The normalized spacial score (nSPS) is 14.8. The zero-order valence-corrected chi connectivity index (χ0v) is 9.66. The van der Waals surface area contributed by atoms with E-state index in [2.05, 4.69) is 24.3 Å². The van der Waals surface area contributed by atoms with E-state index >= 15 is 0 Å². The van der Waals surface area contributed by atoms with E-state index in [1.807, 2.05) is 6.92 Å². The molecule has 0 unspecified atom stereocenters. The van der Waals surface area contributed by atoms with E-state index in [1.165, 1.54) is 17.0 Å². The molecule has 0 atom stereocenters. The summed E-state index contributed by atoms with van der Waals surface area (Å²) in [6, 6.07) is 8.47. The van der Waals surface area contributed by atoms with Crippen molar-refractivity contribution in [3.63, 3.8) is 0 Å². The van der Waals surface area contributed by atoms with Crippen molar-refractivity contribution in [2.24, 2.45) is 0 Å². The minimum Gasteiger partial charge on any atom is -0.466 e. The van der Waals surface area contributed by atoms with Crippen LogP contribution in [0.1, 0.15) is 37.3 Å². The maximum atomic E-state index is 11.3. The number of hydrogen-bond acceptors (Lipinski definition) is 2. The van der Waals surface area contributed by atoms with Crippen molar-refractivity contribution in [1.82, 2.24) is 0 Å². The first kappa shape index (κ1) is 11.2. The molecule has 0 amide bonds. The monoisotopic (exact) mass is 217 g/mol. The van der Waals surface area contributed by atoms with E-state index in [1.54, 1.807) is 0 Å². The van der Waals surface area contributed by atoms with Gasteiger partial charge in [0.25, 0.3) is 0 Å². The summed E-state index contributed by atoms with van der Waals surface area (Å²) in [6.45, 7) is 2.32. The molecule has 0 saturated heterocycles. The molecule has 0 aromatic heterocycles. The van der Waals surface area contributed by atoms with Gasteiger partial charge in [-0.3, -0.25) is 4.79 Å². The number of ether oxygens (including phenoxy) is 1. The number of rotatable bonds is 4. The summed E-state index contributed by atoms with van der Waals surface area (Å²) >= 11 is 0. The molecule has 2 heteroatoms. The molecule has 16 heavy (non-hydrogen) atoms. The van der Waals surface area contributed by atoms with Gasteiger partial charge in [-0.1, -0.05) is 24.3 Å². The molecule has 0 fully saturated rings. The number of carbonyl (C=O) groups is 1. The lowest BCUT2D eigenvalue weighted by molar-refractivity contribution is -0.143. The Kier molecular flexibility index (Phi) is 3.60. The molecular weight excluding hydrogens is 200 g/mol. The second-order valence-electron chi connectivity index (χ2n) is 4.07. The van der Waals surface area contributed by atoms with Crippen LogP contribution in [0.4, 0.5) is 0 Å². The lowest BCUT2D eigenvalue weighted by atomic mass is 9.96. The second-order valence-corrected chi connectivity index (χ2v) is 4.07. The van der Waals surface area contributed by atoms with Gasteiger partial charge in [0, 0.05) is 12.3 Å². The van der Waals surface area contributed by atoms with Crippen molar-refractivity contribution in [3.8, 4) is 0 Å². The van der Waals surface area contributed by atoms with Gasteiger partial charge < -0.3 is 4.74 Å². The fourth-order valence-corrected chi connectivity index (χ4v) is 2.25. The molecule has 2 rings (SSSR count). The Morgan fingerprint density at radius 2 is 2.12 bits per heavy atom. The summed E-state index contributed by atoms with van der Waals surface area (Å²) in [5.74, 6) is 1.32. The van der Waals surface area contributed by atoms with Crippen molar-refractivity contribution in [2.75, 3.05) is 6.61 Å². The van der Waals surface area contributed by atoms with Gasteiger partial charge in [-0.2, -0.15) is 0 Å². The van der Waals surface area contributed by atoms with Crippen LogP contribution in [0.5, 0.6) is 0 Å². The van der Waals surface area contributed by atoms with E-state index < -0.39 is 0 Å². The van der Waals surface area contributed by atoms with E-state index in [4.69, 9.17) is 4.74 Å². The summed E-state index contributed by atoms with van der Waals surface area (Å²) in [7, 11) is 0. The van der Waals surface area contributed by atoms with Gasteiger partial charge in [0.2, 0.25) is 0 Å². The maximum Gasteiger partial charge on any atom is 0.305 e. The minimum absolute atomic E-state index is 0.0839. The van der Waals surface area contributed by atoms with Gasteiger partial charge in [0.1, 0.15) is 0 Å². The van der Waals surface area contributed by atoms with E-state index in [0.717, 1.165) is 19.3 Å². The Morgan fingerprint density at radius 3 is 2.94 bits per heavy atom. The molecule has 1 aliphatic carbocycles. The molecule has 0 N–H and O–H groups in total. The molecular formula is C14H17O2. The van der Waals surface area contributed by atoms with Gasteiger partial charge in [0.15, 0.2) is 0 Å². The molecule has 0 aliphatic heterocycles. The third-order valence-corrected chi connectivity index (χ3v) is 3.03. The first-order valence-corrected chi connectivity index (χ1v) is 5.90. The molecule has 1 aliphatic rings. The smallest absolute Gasteiger partial charge is 0.305 e. The lowest BCUT2D eigenvalue weighted by Crippen LogP contribution is -2.06. The highest BCUT2D eigenvalue weighted by Gasteiger charge is 2.22. The second kappa shape index (κ2) is 5.15. The number of aryl methyl sites for hydroxylation is 1. The fourth-order valence-electron chi connectivity index (χ4n) is 2.25. The Balaban J connectivity index is 1.91. The van der Waals surface area contributed by atoms with Crippen LogP contribution in [0.15, 0.2) is 24.3 Å². The molecule has 1 aromatic carbocycles. The predicted octanol–water partition coefficient (Wildman–Crippen LogP) is 2.90. The van der Waals surface area contributed by atoms with Crippen molar-refractivity contribution in [2.45, 2.75) is 32.6 Å². The van der Waals surface area contributed by atoms with Gasteiger partial charge in [0.05, 0.1) is 6.61 Å². The third-order valence-electron chi connectivity index (χ3n) is 3.03. The summed E-state index contributed by atoms with van der Waals surface area (Å²) < 4.78 is 4.94. The highest BCUT2D eigenvalue weighted by molar-refractivity contribution is 5.69. The van der Waals surface area contributed by atoms with Crippen LogP contribution < -0.4 is 0 Å². The number of fused-ring (bicyclic) bond motifs is 1. The van der Waals surface area contributed by atoms with E-state index in [9.17, 15) is 4.79 Å². The third kappa shape index (κ3) is 2.43. The van der Waals surface area contributed by atoms with Crippen LogP contribution >= 0.6 is 0 Å². The molecule has 0 saturated carbocycles. The number of esters is 1. The summed E-state index contributed by atoms with van der Waals surface area (Å²) in [5, 5.41) is 0. The summed E-state index contributed by atoms with van der Waals surface area (Å²) in [6.07, 6.45) is 3.57. The average molecular weight is 217 g/mol. The molecule has 0 heterocycles. The van der Waals surface area contributed by atoms with Crippen molar-refractivity contribution in [3.05, 3.63) is 41.3 Å². The first-order valence-electron chi connectivity index (χ1n) is 5.90. The zero-order chi connectivity index (χ0) is 11.4. The quantitative estimate of drug-likeness (QED) is 0.725. The largest absolute Gasteiger partial charge is 0.466 e. The Labute approximate surface area is 96.6 Å². The highest BCUT2D eigenvalue weighted by Crippen LogP contribution is 2.34. The number of benzene rings is 1. The molecule has 2 nitrogen and oxygen atoms in total. The fraction of sp³-hybridized carbons (Fsp3) is 0.429. The molecule has 0 spiro atoms. The Hall–Kier alpha value is -1.31. The highest BCUT2D eigenvalue weighted by atomic mass is 16.5. The summed E-state index contributed by atoms with van der Waals surface area (Å²) in [4.78, 5) is 11.3.